The van der Waals surface area contributed by atoms with Crippen LogP contribution in [0.4, 0.5) is 0 Å². The fourth-order valence-electron chi connectivity index (χ4n) is 1.51. The second-order valence-corrected chi connectivity index (χ2v) is 4.12. The van der Waals surface area contributed by atoms with E-state index in [0.717, 1.165) is 4.90 Å². The molecule has 20 heavy (non-hydrogen) atoms. The summed E-state index contributed by atoms with van der Waals surface area (Å²) < 4.78 is 0. The molecule has 1 aliphatic rings. The Balaban J connectivity index is 0.000000204. The van der Waals surface area contributed by atoms with Crippen LogP contribution in [-0.2, 0) is 14.4 Å². The lowest BCUT2D eigenvalue weighted by atomic mass is 10.3. The molecule has 1 fully saturated rings. The molecule has 0 aliphatic carbocycles. The number of amides is 2. The molecule has 1 aromatic heterocycles. The third-order valence-electron chi connectivity index (χ3n) is 2.44. The fraction of sp³-hybridized carbons (Fsp3) is 0.308. The van der Waals surface area contributed by atoms with Crippen molar-refractivity contribution < 1.29 is 24.3 Å². The maximum absolute atomic E-state index is 10.9. The largest absolute Gasteiger partial charge is 0.478 e. The number of carbonyl (C=O) groups excluding carboxylic acids is 3. The van der Waals surface area contributed by atoms with Gasteiger partial charge in [-0.1, -0.05) is 0 Å². The Kier molecular flexibility index (Phi) is 5.52. The highest BCUT2D eigenvalue weighted by Crippen LogP contribution is 2.10. The highest BCUT2D eigenvalue weighted by Gasteiger charge is 2.29. The molecule has 7 nitrogen and oxygen atoms in total. The third kappa shape index (κ3) is 4.60. The minimum absolute atomic E-state index is 0.0579. The first-order valence-electron chi connectivity index (χ1n) is 5.87. The molecule has 0 spiro atoms. The number of carboxylic acids is 1. The Hall–Kier alpha value is -2.57. The van der Waals surface area contributed by atoms with Crippen LogP contribution in [0.25, 0.3) is 0 Å². The number of carbonyl (C=O) groups is 4. The Morgan fingerprint density at radius 3 is 2.25 bits per heavy atom. The maximum Gasteiger partial charge on any atom is 0.337 e. The molecule has 0 bridgehead atoms. The molecule has 1 aromatic rings. The molecule has 0 radical (unpaired) electrons. The molecule has 1 saturated heterocycles. The molecule has 1 N–H and O–H groups in total. The van der Waals surface area contributed by atoms with Gasteiger partial charge < -0.3 is 5.11 Å². The van der Waals surface area contributed by atoms with Gasteiger partial charge in [-0.25, -0.2) is 4.79 Å². The second kappa shape index (κ2) is 7.13. The van der Waals surface area contributed by atoms with Crippen LogP contribution in [-0.4, -0.2) is 45.1 Å². The molecule has 0 aromatic carbocycles. The molecule has 106 valence electrons. The normalized spacial score (nSPS) is 13.8. The molecule has 2 rings (SSSR count). The summed E-state index contributed by atoms with van der Waals surface area (Å²) in [5.41, 5.74) is 0.220. The van der Waals surface area contributed by atoms with E-state index in [9.17, 15) is 19.2 Å². The van der Waals surface area contributed by atoms with Crippen molar-refractivity contribution in [3.63, 3.8) is 0 Å². The average Bonchev–Trinajstić information content (AvgIpc) is 2.72. The minimum atomic E-state index is -0.942. The van der Waals surface area contributed by atoms with Gasteiger partial charge in [0.2, 0.25) is 11.8 Å². The van der Waals surface area contributed by atoms with Crippen LogP contribution in [0.15, 0.2) is 24.5 Å². The van der Waals surface area contributed by atoms with Gasteiger partial charge in [0.05, 0.1) is 12.1 Å². The van der Waals surface area contributed by atoms with Crippen molar-refractivity contribution in [3.05, 3.63) is 30.1 Å². The van der Waals surface area contributed by atoms with Crippen molar-refractivity contribution in [1.82, 2.24) is 9.88 Å². The van der Waals surface area contributed by atoms with Gasteiger partial charge in [0, 0.05) is 25.2 Å². The number of rotatable bonds is 3. The standard InChI is InChI=1S/C7H9NO3.C6H5NO2/c1-5(9)4-8-6(10)2-3-7(8)11;8-6(9)5-2-1-3-7-4-5/h2-4H2,1H3;1-4H,(H,8,9). The number of hydrogen-bond acceptors (Lipinski definition) is 5. The van der Waals surface area contributed by atoms with Gasteiger partial charge in [0.1, 0.15) is 5.78 Å². The summed E-state index contributed by atoms with van der Waals surface area (Å²) in [4.78, 5) is 47.1. The molecule has 0 atom stereocenters. The van der Waals surface area contributed by atoms with E-state index in [2.05, 4.69) is 4.98 Å². The SMILES string of the molecule is CC(=O)CN1C(=O)CCC1=O.O=C(O)c1cccnc1. The summed E-state index contributed by atoms with van der Waals surface area (Å²) >= 11 is 0. The monoisotopic (exact) mass is 278 g/mol. The fourth-order valence-corrected chi connectivity index (χ4v) is 1.51. The van der Waals surface area contributed by atoms with Gasteiger partial charge in [-0.2, -0.15) is 0 Å². The van der Waals surface area contributed by atoms with Crippen molar-refractivity contribution in [2.45, 2.75) is 19.8 Å². The van der Waals surface area contributed by atoms with Crippen molar-refractivity contribution in [3.8, 4) is 0 Å². The predicted octanol–water partition coefficient (Wildman–Crippen LogP) is 0.504. The van der Waals surface area contributed by atoms with Gasteiger partial charge >= 0.3 is 5.97 Å². The van der Waals surface area contributed by atoms with E-state index in [4.69, 9.17) is 5.11 Å². The summed E-state index contributed by atoms with van der Waals surface area (Å²) in [5, 5.41) is 8.34. The number of ketones is 1. The summed E-state index contributed by atoms with van der Waals surface area (Å²) in [7, 11) is 0. The van der Waals surface area contributed by atoms with E-state index in [0.29, 0.717) is 0 Å². The second-order valence-electron chi connectivity index (χ2n) is 4.12. The number of imide groups is 1. The van der Waals surface area contributed by atoms with E-state index in [1.165, 1.54) is 25.4 Å². The summed E-state index contributed by atoms with van der Waals surface area (Å²) in [5.74, 6) is -1.56. The van der Waals surface area contributed by atoms with E-state index < -0.39 is 5.97 Å². The average molecular weight is 278 g/mol. The maximum atomic E-state index is 10.9. The lowest BCUT2D eigenvalue weighted by Crippen LogP contribution is -2.33. The lowest BCUT2D eigenvalue weighted by molar-refractivity contribution is -0.141. The van der Waals surface area contributed by atoms with Gasteiger partial charge in [0.15, 0.2) is 0 Å². The molecular formula is C13H14N2O5. The molecule has 2 heterocycles. The first kappa shape index (κ1) is 15.5. The summed E-state index contributed by atoms with van der Waals surface area (Å²) in [6.45, 7) is 1.30. The molecule has 1 aliphatic heterocycles. The Morgan fingerprint density at radius 2 is 1.90 bits per heavy atom. The van der Waals surface area contributed by atoms with Gasteiger partial charge in [-0.3, -0.25) is 24.3 Å². The first-order valence-corrected chi connectivity index (χ1v) is 5.87. The first-order chi connectivity index (χ1) is 9.41. The Labute approximate surface area is 115 Å². The Bertz CT molecular complexity index is 511. The topological polar surface area (TPSA) is 105 Å². The third-order valence-corrected chi connectivity index (χ3v) is 2.44. The molecule has 2 amide bonds. The van der Waals surface area contributed by atoms with E-state index >= 15 is 0 Å². The molecule has 0 saturated carbocycles. The van der Waals surface area contributed by atoms with Gasteiger partial charge in [0.25, 0.3) is 0 Å². The van der Waals surface area contributed by atoms with Crippen molar-refractivity contribution in [2.24, 2.45) is 0 Å². The number of carboxylic acid groups (broad SMARTS) is 1. The van der Waals surface area contributed by atoms with Crippen molar-refractivity contribution >= 4 is 23.6 Å². The van der Waals surface area contributed by atoms with E-state index in [1.54, 1.807) is 6.07 Å². The van der Waals surface area contributed by atoms with Gasteiger partial charge in [-0.05, 0) is 19.1 Å². The van der Waals surface area contributed by atoms with Crippen LogP contribution in [0.3, 0.4) is 0 Å². The number of aromatic nitrogens is 1. The zero-order valence-corrected chi connectivity index (χ0v) is 10.9. The predicted molar refractivity (Wildman–Crippen MR) is 67.8 cm³/mol. The highest BCUT2D eigenvalue weighted by atomic mass is 16.4. The molecular weight excluding hydrogens is 264 g/mol. The van der Waals surface area contributed by atoms with Crippen LogP contribution < -0.4 is 0 Å². The minimum Gasteiger partial charge on any atom is -0.478 e. The smallest absolute Gasteiger partial charge is 0.337 e. The van der Waals surface area contributed by atoms with E-state index in [1.807, 2.05) is 0 Å². The van der Waals surface area contributed by atoms with Crippen LogP contribution in [0, 0.1) is 0 Å². The number of aromatic carboxylic acids is 1. The van der Waals surface area contributed by atoms with Crippen LogP contribution >= 0.6 is 0 Å². The quantitative estimate of drug-likeness (QED) is 0.807. The van der Waals surface area contributed by atoms with Crippen LogP contribution in [0.2, 0.25) is 0 Å². The molecule has 7 heteroatoms. The van der Waals surface area contributed by atoms with Crippen LogP contribution in [0.1, 0.15) is 30.1 Å². The number of Topliss-reactive ketones (excluding diaryl/α,β-unsaturated/α-hetero) is 1. The Morgan fingerprint density at radius 1 is 1.30 bits per heavy atom. The van der Waals surface area contributed by atoms with E-state index in [-0.39, 0.29) is 42.5 Å². The number of pyridine rings is 1. The number of hydrogen-bond donors (Lipinski definition) is 1. The van der Waals surface area contributed by atoms with Crippen molar-refractivity contribution in [1.29, 1.82) is 0 Å². The highest BCUT2D eigenvalue weighted by molar-refractivity contribution is 6.04. The summed E-state index contributed by atoms with van der Waals surface area (Å²) in [6.07, 6.45) is 3.35. The zero-order chi connectivity index (χ0) is 15.1. The number of likely N-dealkylation sites (tertiary alicyclic amines) is 1. The number of nitrogens with zero attached hydrogens (tertiary/aromatic N) is 2. The van der Waals surface area contributed by atoms with Gasteiger partial charge in [-0.15, -0.1) is 0 Å². The van der Waals surface area contributed by atoms with Crippen LogP contribution in [0.5, 0.6) is 0 Å². The summed E-state index contributed by atoms with van der Waals surface area (Å²) in [6, 6.07) is 3.08. The van der Waals surface area contributed by atoms with Crippen molar-refractivity contribution in [2.75, 3.05) is 6.54 Å². The molecule has 0 unspecified atom stereocenters. The zero-order valence-electron chi connectivity index (χ0n) is 10.9. The lowest BCUT2D eigenvalue weighted by Gasteiger charge is -2.09.